The maximum Gasteiger partial charge on any atom is 0.221 e. The van der Waals surface area contributed by atoms with Crippen molar-refractivity contribution in [2.75, 3.05) is 11.1 Å². The quantitative estimate of drug-likeness (QED) is 0.407. The summed E-state index contributed by atoms with van der Waals surface area (Å²) in [6.07, 6.45) is 6.86. The normalized spacial score (nSPS) is 15.0. The Balaban J connectivity index is 1.51. The van der Waals surface area contributed by atoms with Gasteiger partial charge in [0.15, 0.2) is 5.82 Å². The number of benzene rings is 1. The van der Waals surface area contributed by atoms with Crippen molar-refractivity contribution in [3.05, 3.63) is 53.6 Å². The lowest BCUT2D eigenvalue weighted by Gasteiger charge is -2.19. The van der Waals surface area contributed by atoms with Crippen LogP contribution in [0.4, 0.5) is 17.6 Å². The van der Waals surface area contributed by atoms with E-state index in [0.717, 1.165) is 28.8 Å². The first-order chi connectivity index (χ1) is 13.7. The first kappa shape index (κ1) is 16.7. The molecule has 142 valence electrons. The fourth-order valence-corrected chi connectivity index (χ4v) is 3.69. The van der Waals surface area contributed by atoms with Crippen molar-refractivity contribution in [2.24, 2.45) is 0 Å². The van der Waals surface area contributed by atoms with E-state index in [0.29, 0.717) is 11.7 Å². The van der Waals surface area contributed by atoms with Crippen LogP contribution in [0.3, 0.4) is 0 Å². The number of nitrogen functional groups attached to an aromatic ring is 1. The van der Waals surface area contributed by atoms with Crippen molar-refractivity contribution in [1.29, 1.82) is 0 Å². The van der Waals surface area contributed by atoms with Crippen molar-refractivity contribution < 1.29 is 0 Å². The van der Waals surface area contributed by atoms with Gasteiger partial charge in [-0.2, -0.15) is 10.1 Å². The lowest BCUT2D eigenvalue weighted by atomic mass is 9.90. The van der Waals surface area contributed by atoms with Gasteiger partial charge in [0.05, 0.1) is 17.4 Å². The molecule has 1 aliphatic rings. The molecular formula is C20H22N8. The number of imidazole rings is 1. The van der Waals surface area contributed by atoms with Crippen LogP contribution in [0.25, 0.3) is 11.0 Å². The van der Waals surface area contributed by atoms with Crippen molar-refractivity contribution >= 4 is 28.6 Å². The number of aromatic nitrogens is 6. The van der Waals surface area contributed by atoms with Gasteiger partial charge in [-0.05, 0) is 37.0 Å². The third-order valence-electron chi connectivity index (χ3n) is 5.33. The standard InChI is InChI=1S/C20H22N8/c1-2-13(12-5-6-15-17(7-12)24-10-23-15)14-9-22-20(21)26-19(14)25-18-8-16(27-28-18)11-3-4-11/h5-11,13H,2-4H2,1H3,(H,23,24)(H4,21,22,25,26,27,28)/t13-/m1/s1. The Labute approximate surface area is 162 Å². The summed E-state index contributed by atoms with van der Waals surface area (Å²) >= 11 is 0. The number of hydrogen-bond acceptors (Lipinski definition) is 6. The molecule has 0 saturated heterocycles. The smallest absolute Gasteiger partial charge is 0.221 e. The molecule has 0 amide bonds. The summed E-state index contributed by atoms with van der Waals surface area (Å²) in [6.45, 7) is 2.15. The van der Waals surface area contributed by atoms with Crippen LogP contribution in [0.5, 0.6) is 0 Å². The van der Waals surface area contributed by atoms with E-state index < -0.39 is 0 Å². The average Bonchev–Trinajstić information content (AvgIpc) is 3.26. The molecule has 3 aromatic heterocycles. The zero-order valence-electron chi connectivity index (χ0n) is 15.6. The van der Waals surface area contributed by atoms with E-state index in [-0.39, 0.29) is 11.9 Å². The number of H-pyrrole nitrogens is 2. The molecule has 28 heavy (non-hydrogen) atoms. The maximum absolute atomic E-state index is 5.88. The highest BCUT2D eigenvalue weighted by molar-refractivity contribution is 5.75. The number of nitrogens with two attached hydrogens (primary N) is 1. The molecule has 8 heteroatoms. The second-order valence-electron chi connectivity index (χ2n) is 7.28. The summed E-state index contributed by atoms with van der Waals surface area (Å²) in [5, 5.41) is 10.8. The van der Waals surface area contributed by atoms with E-state index in [1.807, 2.05) is 6.20 Å². The molecule has 5 rings (SSSR count). The minimum Gasteiger partial charge on any atom is -0.368 e. The number of anilines is 3. The van der Waals surface area contributed by atoms with E-state index in [4.69, 9.17) is 5.73 Å². The van der Waals surface area contributed by atoms with Gasteiger partial charge in [-0.25, -0.2) is 9.97 Å². The number of rotatable bonds is 6. The fraction of sp³-hybridized carbons (Fsp3) is 0.300. The molecule has 3 heterocycles. The molecule has 0 aliphatic heterocycles. The lowest BCUT2D eigenvalue weighted by molar-refractivity contribution is 0.770. The lowest BCUT2D eigenvalue weighted by Crippen LogP contribution is -2.09. The predicted octanol–water partition coefficient (Wildman–Crippen LogP) is 3.82. The van der Waals surface area contributed by atoms with Gasteiger partial charge in [-0.15, -0.1) is 0 Å². The van der Waals surface area contributed by atoms with Gasteiger partial charge in [0.2, 0.25) is 5.95 Å². The number of aromatic amines is 2. The first-order valence-corrected chi connectivity index (χ1v) is 9.59. The van der Waals surface area contributed by atoms with Gasteiger partial charge in [-0.1, -0.05) is 13.0 Å². The Bertz CT molecular complexity index is 1120. The molecule has 5 N–H and O–H groups in total. The van der Waals surface area contributed by atoms with Crippen LogP contribution in [-0.2, 0) is 0 Å². The molecule has 0 spiro atoms. The van der Waals surface area contributed by atoms with Crippen molar-refractivity contribution in [1.82, 2.24) is 30.1 Å². The van der Waals surface area contributed by atoms with Crippen molar-refractivity contribution in [3.63, 3.8) is 0 Å². The molecule has 8 nitrogen and oxygen atoms in total. The summed E-state index contributed by atoms with van der Waals surface area (Å²) in [5.74, 6) is 2.41. The maximum atomic E-state index is 5.88. The highest BCUT2D eigenvalue weighted by Crippen LogP contribution is 2.40. The fourth-order valence-electron chi connectivity index (χ4n) is 3.69. The van der Waals surface area contributed by atoms with Crippen molar-refractivity contribution in [2.45, 2.75) is 38.0 Å². The SMILES string of the molecule is CC[C@H](c1ccc2[nH]cnc2c1)c1cnc(N)nc1Nc1cc(C2CC2)[nH]n1. The number of hydrogen-bond donors (Lipinski definition) is 4. The Morgan fingerprint density at radius 1 is 1.25 bits per heavy atom. The summed E-state index contributed by atoms with van der Waals surface area (Å²) in [5.41, 5.74) is 11.2. The molecule has 1 fully saturated rings. The summed E-state index contributed by atoms with van der Waals surface area (Å²) in [6, 6.07) is 8.34. The van der Waals surface area contributed by atoms with Crippen molar-refractivity contribution in [3.8, 4) is 0 Å². The Morgan fingerprint density at radius 2 is 2.14 bits per heavy atom. The molecule has 0 bridgehead atoms. The van der Waals surface area contributed by atoms with E-state index in [1.165, 1.54) is 24.1 Å². The van der Waals surface area contributed by atoms with Crippen LogP contribution in [0.15, 0.2) is 36.8 Å². The summed E-state index contributed by atoms with van der Waals surface area (Å²) in [7, 11) is 0. The Kier molecular flexibility index (Phi) is 3.96. The van der Waals surface area contributed by atoms with Crippen LogP contribution in [-0.4, -0.2) is 30.1 Å². The predicted molar refractivity (Wildman–Crippen MR) is 109 cm³/mol. The first-order valence-electron chi connectivity index (χ1n) is 9.59. The summed E-state index contributed by atoms with van der Waals surface area (Å²) in [4.78, 5) is 16.2. The molecular weight excluding hydrogens is 352 g/mol. The topological polar surface area (TPSA) is 121 Å². The second-order valence-corrected chi connectivity index (χ2v) is 7.28. The molecule has 1 atom stereocenters. The van der Waals surface area contributed by atoms with Crippen LogP contribution in [0.2, 0.25) is 0 Å². The van der Waals surface area contributed by atoms with E-state index in [9.17, 15) is 0 Å². The zero-order chi connectivity index (χ0) is 19.1. The van der Waals surface area contributed by atoms with Crippen LogP contribution < -0.4 is 11.1 Å². The monoisotopic (exact) mass is 374 g/mol. The molecule has 4 aromatic rings. The molecule has 1 aliphatic carbocycles. The van der Waals surface area contributed by atoms with E-state index in [2.05, 4.69) is 66.6 Å². The van der Waals surface area contributed by atoms with Crippen LogP contribution in [0.1, 0.15) is 54.8 Å². The Hall–Kier alpha value is -3.42. The molecule has 1 saturated carbocycles. The largest absolute Gasteiger partial charge is 0.368 e. The van der Waals surface area contributed by atoms with E-state index >= 15 is 0 Å². The van der Waals surface area contributed by atoms with Crippen LogP contribution >= 0.6 is 0 Å². The minimum absolute atomic E-state index is 0.117. The second kappa shape index (κ2) is 6.63. The number of nitrogens with zero attached hydrogens (tertiary/aromatic N) is 4. The zero-order valence-corrected chi connectivity index (χ0v) is 15.6. The highest BCUT2D eigenvalue weighted by Gasteiger charge is 2.26. The number of fused-ring (bicyclic) bond motifs is 1. The number of nitrogens with one attached hydrogen (secondary N) is 3. The van der Waals surface area contributed by atoms with Gasteiger partial charge in [0.25, 0.3) is 0 Å². The van der Waals surface area contributed by atoms with Gasteiger partial charge < -0.3 is 16.0 Å². The van der Waals surface area contributed by atoms with Gasteiger partial charge in [-0.3, -0.25) is 5.10 Å². The Morgan fingerprint density at radius 3 is 2.96 bits per heavy atom. The van der Waals surface area contributed by atoms with Crippen LogP contribution in [0, 0.1) is 0 Å². The molecule has 1 aromatic carbocycles. The highest BCUT2D eigenvalue weighted by atomic mass is 15.2. The third-order valence-corrected chi connectivity index (χ3v) is 5.33. The minimum atomic E-state index is 0.117. The molecule has 0 unspecified atom stereocenters. The van der Waals surface area contributed by atoms with E-state index in [1.54, 1.807) is 6.33 Å². The van der Waals surface area contributed by atoms with Gasteiger partial charge in [0.1, 0.15) is 5.82 Å². The summed E-state index contributed by atoms with van der Waals surface area (Å²) < 4.78 is 0. The molecule has 0 radical (unpaired) electrons. The average molecular weight is 374 g/mol. The van der Waals surface area contributed by atoms with Gasteiger partial charge in [0, 0.05) is 35.4 Å². The van der Waals surface area contributed by atoms with Gasteiger partial charge >= 0.3 is 0 Å². The third kappa shape index (κ3) is 3.06.